The van der Waals surface area contributed by atoms with Crippen LogP contribution in [-0.2, 0) is 27.3 Å². The summed E-state index contributed by atoms with van der Waals surface area (Å²) < 4.78 is 4.67. The third-order valence-corrected chi connectivity index (χ3v) is 11.3. The van der Waals surface area contributed by atoms with Gasteiger partial charge in [0.1, 0.15) is 6.04 Å². The summed E-state index contributed by atoms with van der Waals surface area (Å²) in [4.78, 5) is 66.6. The normalized spacial score (nSPS) is 15.2. The Morgan fingerprint density at radius 2 is 1.58 bits per heavy atom. The van der Waals surface area contributed by atoms with Crippen LogP contribution in [0, 0.1) is 10.8 Å². The minimum atomic E-state index is -1.10. The standard InChI is InChI=1S/C49H65N7O6/c1-33(2)39-19-14-17-37(53-39)31-55-27-28-56(47(55)61)44(48(3,4)5)45(59)54-43(41(57)24-26-51-42(58)30-49(6,7)32-52-46(60)62-8)38(35-15-10-9-11-16-35)29-34-20-22-36(23-21-34)40-18-12-13-25-50-40/h9-23,25,33,38,41,43-44,57H,24,26-32H2,1-8H3,(H,51,58)(H,52,60)(H,54,59). The number of hydrogen-bond donors (Lipinski definition) is 4. The van der Waals surface area contributed by atoms with Crippen molar-refractivity contribution in [1.29, 1.82) is 0 Å². The molecule has 1 saturated heterocycles. The van der Waals surface area contributed by atoms with E-state index in [2.05, 4.69) is 39.5 Å². The number of ether oxygens (including phenoxy) is 1. The van der Waals surface area contributed by atoms with Crippen molar-refractivity contribution in [3.63, 3.8) is 0 Å². The maximum Gasteiger partial charge on any atom is 0.406 e. The van der Waals surface area contributed by atoms with E-state index in [0.717, 1.165) is 33.8 Å². The number of aromatic nitrogens is 2. The Balaban J connectivity index is 1.41. The average molecular weight is 848 g/mol. The minimum absolute atomic E-state index is 0.127. The first kappa shape index (κ1) is 47.2. The number of aliphatic hydroxyl groups excluding tert-OH is 1. The van der Waals surface area contributed by atoms with Gasteiger partial charge in [0.05, 0.1) is 37.2 Å². The fourth-order valence-corrected chi connectivity index (χ4v) is 8.04. The van der Waals surface area contributed by atoms with Gasteiger partial charge in [-0.1, -0.05) is 115 Å². The van der Waals surface area contributed by atoms with E-state index in [9.17, 15) is 24.3 Å². The number of pyridine rings is 2. The minimum Gasteiger partial charge on any atom is -0.453 e. The molecule has 4 atom stereocenters. The van der Waals surface area contributed by atoms with Crippen LogP contribution in [0.5, 0.6) is 0 Å². The number of nitrogens with one attached hydrogen (secondary N) is 3. The molecule has 13 nitrogen and oxygen atoms in total. The van der Waals surface area contributed by atoms with E-state index in [1.807, 2.05) is 126 Å². The van der Waals surface area contributed by atoms with Crippen LogP contribution in [0.25, 0.3) is 11.3 Å². The van der Waals surface area contributed by atoms with Crippen LogP contribution in [0.3, 0.4) is 0 Å². The largest absolute Gasteiger partial charge is 0.453 e. The summed E-state index contributed by atoms with van der Waals surface area (Å²) in [6, 6.07) is 27.7. The Morgan fingerprint density at radius 3 is 2.23 bits per heavy atom. The Labute approximate surface area is 367 Å². The van der Waals surface area contributed by atoms with E-state index >= 15 is 0 Å². The second-order valence-electron chi connectivity index (χ2n) is 18.4. The molecule has 0 saturated carbocycles. The Hall–Kier alpha value is -5.82. The summed E-state index contributed by atoms with van der Waals surface area (Å²) in [5.74, 6) is -0.764. The first-order valence-corrected chi connectivity index (χ1v) is 21.6. The number of hydrogen-bond acceptors (Lipinski definition) is 8. The third kappa shape index (κ3) is 13.1. The number of aliphatic hydroxyl groups is 1. The highest BCUT2D eigenvalue weighted by Crippen LogP contribution is 2.32. The van der Waals surface area contributed by atoms with Crippen molar-refractivity contribution < 1.29 is 29.0 Å². The van der Waals surface area contributed by atoms with Gasteiger partial charge in [0.2, 0.25) is 11.8 Å². The van der Waals surface area contributed by atoms with Crippen molar-refractivity contribution in [2.45, 2.75) is 104 Å². The van der Waals surface area contributed by atoms with Gasteiger partial charge in [-0.3, -0.25) is 19.6 Å². The lowest BCUT2D eigenvalue weighted by molar-refractivity contribution is -0.130. The first-order valence-electron chi connectivity index (χ1n) is 21.6. The number of benzene rings is 2. The molecule has 2 aromatic carbocycles. The van der Waals surface area contributed by atoms with Crippen LogP contribution >= 0.6 is 0 Å². The van der Waals surface area contributed by atoms with Crippen molar-refractivity contribution >= 4 is 23.9 Å². The highest BCUT2D eigenvalue weighted by atomic mass is 16.5. The molecule has 4 aromatic rings. The topological polar surface area (TPSA) is 166 Å². The van der Waals surface area contributed by atoms with Crippen LogP contribution in [-0.4, -0.2) is 100 Å². The van der Waals surface area contributed by atoms with Crippen molar-refractivity contribution in [3.05, 3.63) is 120 Å². The molecule has 2 aromatic heterocycles. The van der Waals surface area contributed by atoms with Crippen molar-refractivity contribution in [3.8, 4) is 11.3 Å². The molecule has 0 bridgehead atoms. The summed E-state index contributed by atoms with van der Waals surface area (Å²) in [7, 11) is 1.28. The van der Waals surface area contributed by atoms with E-state index in [1.54, 1.807) is 16.0 Å². The van der Waals surface area contributed by atoms with Gasteiger partial charge in [-0.05, 0) is 65.0 Å². The molecule has 13 heteroatoms. The van der Waals surface area contributed by atoms with E-state index in [1.165, 1.54) is 7.11 Å². The lowest BCUT2D eigenvalue weighted by Crippen LogP contribution is -2.59. The summed E-state index contributed by atoms with van der Waals surface area (Å²) in [6.07, 6.45) is 0.825. The predicted octanol–water partition coefficient (Wildman–Crippen LogP) is 7.07. The second kappa shape index (κ2) is 21.3. The number of alkyl carbamates (subject to hydrolysis) is 1. The van der Waals surface area contributed by atoms with Crippen molar-refractivity contribution in [2.24, 2.45) is 10.8 Å². The molecular weight excluding hydrogens is 783 g/mol. The Bertz CT molecular complexity index is 2090. The maximum absolute atomic E-state index is 14.9. The molecule has 1 aliphatic rings. The van der Waals surface area contributed by atoms with Gasteiger partial charge in [0.15, 0.2) is 0 Å². The smallest absolute Gasteiger partial charge is 0.406 e. The molecule has 4 unspecified atom stereocenters. The second-order valence-corrected chi connectivity index (χ2v) is 18.4. The molecule has 3 heterocycles. The maximum atomic E-state index is 14.9. The van der Waals surface area contributed by atoms with Crippen LogP contribution in [0.4, 0.5) is 9.59 Å². The number of rotatable bonds is 19. The number of urea groups is 1. The average Bonchev–Trinajstić information content (AvgIpc) is 3.59. The summed E-state index contributed by atoms with van der Waals surface area (Å²) in [5, 5.41) is 21.1. The van der Waals surface area contributed by atoms with Gasteiger partial charge in [-0.2, -0.15) is 0 Å². The molecule has 332 valence electrons. The number of amides is 5. The Morgan fingerprint density at radius 1 is 0.871 bits per heavy atom. The number of methoxy groups -OCH3 is 1. The summed E-state index contributed by atoms with van der Waals surface area (Å²) in [5.41, 5.74) is 4.25. The van der Waals surface area contributed by atoms with E-state index < -0.39 is 41.0 Å². The molecule has 62 heavy (non-hydrogen) atoms. The molecule has 4 N–H and O–H groups in total. The van der Waals surface area contributed by atoms with Crippen LogP contribution in [0.15, 0.2) is 97.2 Å². The van der Waals surface area contributed by atoms with E-state index in [0.29, 0.717) is 26.1 Å². The van der Waals surface area contributed by atoms with E-state index in [-0.39, 0.29) is 49.7 Å². The summed E-state index contributed by atoms with van der Waals surface area (Å²) in [6.45, 7) is 15.2. The van der Waals surface area contributed by atoms with Crippen LogP contribution in [0.2, 0.25) is 0 Å². The zero-order valence-corrected chi connectivity index (χ0v) is 37.6. The van der Waals surface area contributed by atoms with Gasteiger partial charge in [-0.25, -0.2) is 9.59 Å². The monoisotopic (exact) mass is 847 g/mol. The number of carbonyl (C=O) groups excluding carboxylic acids is 4. The molecule has 0 spiro atoms. The highest BCUT2D eigenvalue weighted by Gasteiger charge is 2.45. The highest BCUT2D eigenvalue weighted by molar-refractivity contribution is 5.89. The zero-order chi connectivity index (χ0) is 45.0. The van der Waals surface area contributed by atoms with Crippen molar-refractivity contribution in [1.82, 2.24) is 35.7 Å². The van der Waals surface area contributed by atoms with Gasteiger partial charge >= 0.3 is 12.1 Å². The Kier molecular flexibility index (Phi) is 16.2. The third-order valence-electron chi connectivity index (χ3n) is 11.3. The molecule has 0 radical (unpaired) electrons. The summed E-state index contributed by atoms with van der Waals surface area (Å²) >= 11 is 0. The number of carbonyl (C=O) groups is 4. The van der Waals surface area contributed by atoms with Crippen molar-refractivity contribution in [2.75, 3.05) is 33.3 Å². The SMILES string of the molecule is COC(=O)NCC(C)(C)CC(=O)NCCC(O)C(NC(=O)C(N1CCN(Cc2cccc(C(C)C)n2)C1=O)C(C)(C)C)C(Cc1ccc(-c2ccccn2)cc1)c1ccccc1. The quantitative estimate of drug-likeness (QED) is 0.0778. The lowest BCUT2D eigenvalue weighted by atomic mass is 9.81. The molecule has 1 aliphatic heterocycles. The predicted molar refractivity (Wildman–Crippen MR) is 241 cm³/mol. The molecule has 5 amide bonds. The van der Waals surface area contributed by atoms with Gasteiger partial charge in [0.25, 0.3) is 0 Å². The van der Waals surface area contributed by atoms with E-state index in [4.69, 9.17) is 4.98 Å². The van der Waals surface area contributed by atoms with Crippen LogP contribution < -0.4 is 16.0 Å². The molecule has 5 rings (SSSR count). The fraction of sp³-hybridized carbons (Fsp3) is 0.469. The fourth-order valence-electron chi connectivity index (χ4n) is 8.04. The molecule has 0 aliphatic carbocycles. The van der Waals surface area contributed by atoms with Gasteiger partial charge < -0.3 is 35.6 Å². The molecular formula is C49H65N7O6. The van der Waals surface area contributed by atoms with Gasteiger partial charge in [-0.15, -0.1) is 0 Å². The zero-order valence-electron chi connectivity index (χ0n) is 37.6. The van der Waals surface area contributed by atoms with Gasteiger partial charge in [0, 0.05) is 56.0 Å². The number of nitrogens with zero attached hydrogens (tertiary/aromatic N) is 4. The lowest BCUT2D eigenvalue weighted by Gasteiger charge is -2.39. The molecule has 1 fully saturated rings. The van der Waals surface area contributed by atoms with Crippen LogP contribution in [0.1, 0.15) is 95.7 Å². The first-order chi connectivity index (χ1) is 29.5.